The van der Waals surface area contributed by atoms with E-state index in [4.69, 9.17) is 4.74 Å². The Labute approximate surface area is 154 Å². The van der Waals surface area contributed by atoms with Gasteiger partial charge in [0.05, 0.1) is 22.4 Å². The summed E-state index contributed by atoms with van der Waals surface area (Å²) in [6, 6.07) is 13.2. The maximum atomic E-state index is 12.0. The number of para-hydroxylation sites is 2. The highest BCUT2D eigenvalue weighted by atomic mass is 79.9. The Hall–Kier alpha value is -2.54. The van der Waals surface area contributed by atoms with Gasteiger partial charge in [-0.15, -0.1) is 0 Å². The molecule has 3 aromatic rings. The molecule has 7 heteroatoms. The van der Waals surface area contributed by atoms with Gasteiger partial charge in [-0.1, -0.05) is 28.1 Å². The third kappa shape index (κ3) is 4.51. The van der Waals surface area contributed by atoms with Crippen LogP contribution in [0, 0.1) is 0 Å². The largest absolute Gasteiger partial charge is 0.444 e. The first kappa shape index (κ1) is 17.3. The van der Waals surface area contributed by atoms with E-state index in [-0.39, 0.29) is 0 Å². The smallest absolute Gasteiger partial charge is 0.412 e. The number of halogens is 1. The molecule has 1 aromatic heterocycles. The summed E-state index contributed by atoms with van der Waals surface area (Å²) in [6.07, 6.45) is -0.504. The molecule has 0 bridgehead atoms. The average Bonchev–Trinajstić information content (AvgIpc) is 2.88. The normalized spacial score (nSPS) is 11.4. The Morgan fingerprint density at radius 2 is 1.88 bits per heavy atom. The molecule has 0 spiro atoms. The molecule has 0 aliphatic heterocycles. The molecule has 0 radical (unpaired) electrons. The van der Waals surface area contributed by atoms with Crippen molar-refractivity contribution in [2.45, 2.75) is 26.4 Å². The SMILES string of the molecule is CC(C)(C)OC(=O)Nc1ccccc1Nc1nc2ccc(Br)cc2[nH]1. The average molecular weight is 403 g/mol. The van der Waals surface area contributed by atoms with Gasteiger partial charge in [0, 0.05) is 4.47 Å². The zero-order valence-electron chi connectivity index (χ0n) is 14.2. The molecule has 130 valence electrons. The van der Waals surface area contributed by atoms with Crippen LogP contribution in [0.1, 0.15) is 20.8 Å². The lowest BCUT2D eigenvalue weighted by Crippen LogP contribution is -2.27. The summed E-state index contributed by atoms with van der Waals surface area (Å²) in [5.74, 6) is 0.589. The number of fused-ring (bicyclic) bond motifs is 1. The van der Waals surface area contributed by atoms with Gasteiger partial charge in [0.15, 0.2) is 0 Å². The maximum Gasteiger partial charge on any atom is 0.412 e. The van der Waals surface area contributed by atoms with E-state index in [0.717, 1.165) is 15.5 Å². The summed E-state index contributed by atoms with van der Waals surface area (Å²) in [5.41, 5.74) is 2.53. The fourth-order valence-corrected chi connectivity index (χ4v) is 2.64. The van der Waals surface area contributed by atoms with E-state index in [9.17, 15) is 4.79 Å². The van der Waals surface area contributed by atoms with Crippen LogP contribution in [0.2, 0.25) is 0 Å². The van der Waals surface area contributed by atoms with Crippen molar-refractivity contribution < 1.29 is 9.53 Å². The van der Waals surface area contributed by atoms with Gasteiger partial charge >= 0.3 is 6.09 Å². The van der Waals surface area contributed by atoms with Gasteiger partial charge in [-0.3, -0.25) is 5.32 Å². The van der Waals surface area contributed by atoms with Crippen LogP contribution in [0.15, 0.2) is 46.9 Å². The van der Waals surface area contributed by atoms with Gasteiger partial charge in [-0.2, -0.15) is 0 Å². The van der Waals surface area contributed by atoms with Crippen LogP contribution in [0.5, 0.6) is 0 Å². The van der Waals surface area contributed by atoms with E-state index in [1.54, 1.807) is 6.07 Å². The zero-order valence-corrected chi connectivity index (χ0v) is 15.8. The Morgan fingerprint density at radius 3 is 2.60 bits per heavy atom. The summed E-state index contributed by atoms with van der Waals surface area (Å²) >= 11 is 3.44. The third-order valence-electron chi connectivity index (χ3n) is 3.26. The van der Waals surface area contributed by atoms with Crippen LogP contribution < -0.4 is 10.6 Å². The van der Waals surface area contributed by atoms with Crippen LogP contribution in [0.4, 0.5) is 22.1 Å². The number of nitrogens with one attached hydrogen (secondary N) is 3. The number of H-pyrrole nitrogens is 1. The van der Waals surface area contributed by atoms with Crippen LogP contribution in [0.25, 0.3) is 11.0 Å². The predicted octanol–water partition coefficient (Wildman–Crippen LogP) is 5.42. The molecule has 0 aliphatic carbocycles. The van der Waals surface area contributed by atoms with Crippen LogP contribution in [0.3, 0.4) is 0 Å². The van der Waals surface area contributed by atoms with E-state index in [0.29, 0.717) is 17.3 Å². The number of anilines is 3. The number of ether oxygens (including phenoxy) is 1. The standard InChI is InChI=1S/C18H19BrN4O2/c1-18(2,3)25-17(24)23-13-7-5-4-6-12(13)20-16-21-14-9-8-11(19)10-15(14)22-16/h4-10H,1-3H3,(H,23,24)(H2,20,21,22). The van der Waals surface area contributed by atoms with Gasteiger partial charge in [0.25, 0.3) is 0 Å². The van der Waals surface area contributed by atoms with Crippen molar-refractivity contribution in [3.8, 4) is 0 Å². The van der Waals surface area contributed by atoms with Gasteiger partial charge in [0.1, 0.15) is 5.60 Å². The van der Waals surface area contributed by atoms with Gasteiger partial charge < -0.3 is 15.0 Å². The van der Waals surface area contributed by atoms with Crippen molar-refractivity contribution in [2.24, 2.45) is 0 Å². The number of rotatable bonds is 3. The number of carbonyl (C=O) groups is 1. The zero-order chi connectivity index (χ0) is 18.0. The fourth-order valence-electron chi connectivity index (χ4n) is 2.28. The summed E-state index contributed by atoms with van der Waals surface area (Å²) in [7, 11) is 0. The second-order valence-electron chi connectivity index (χ2n) is 6.54. The lowest BCUT2D eigenvalue weighted by Gasteiger charge is -2.20. The summed E-state index contributed by atoms with van der Waals surface area (Å²) < 4.78 is 6.28. The van der Waals surface area contributed by atoms with Gasteiger partial charge in [-0.25, -0.2) is 9.78 Å². The Kier molecular flexibility index (Phi) is 4.67. The minimum Gasteiger partial charge on any atom is -0.444 e. The minimum atomic E-state index is -0.557. The van der Waals surface area contributed by atoms with Crippen molar-refractivity contribution in [3.05, 3.63) is 46.9 Å². The number of hydrogen-bond donors (Lipinski definition) is 3. The minimum absolute atomic E-state index is 0.504. The van der Waals surface area contributed by atoms with Crippen LogP contribution >= 0.6 is 15.9 Å². The number of benzene rings is 2. The molecule has 0 unspecified atom stereocenters. The number of aromatic nitrogens is 2. The Morgan fingerprint density at radius 1 is 1.16 bits per heavy atom. The second kappa shape index (κ2) is 6.76. The second-order valence-corrected chi connectivity index (χ2v) is 7.46. The van der Waals surface area contributed by atoms with Crippen molar-refractivity contribution >= 4 is 50.4 Å². The molecule has 0 saturated carbocycles. The summed E-state index contributed by atoms with van der Waals surface area (Å²) in [4.78, 5) is 19.7. The highest BCUT2D eigenvalue weighted by Crippen LogP contribution is 2.26. The van der Waals surface area contributed by atoms with Crippen molar-refractivity contribution in [3.63, 3.8) is 0 Å². The molecule has 2 aromatic carbocycles. The van der Waals surface area contributed by atoms with E-state index in [1.165, 1.54) is 0 Å². The molecule has 0 fully saturated rings. The number of imidazole rings is 1. The first-order valence-corrected chi connectivity index (χ1v) is 8.61. The lowest BCUT2D eigenvalue weighted by atomic mass is 10.2. The molecule has 25 heavy (non-hydrogen) atoms. The van der Waals surface area contributed by atoms with Crippen molar-refractivity contribution in [2.75, 3.05) is 10.6 Å². The van der Waals surface area contributed by atoms with Crippen LogP contribution in [-0.2, 0) is 4.74 Å². The van der Waals surface area contributed by atoms with E-state index in [1.807, 2.05) is 57.2 Å². The number of carbonyl (C=O) groups excluding carboxylic acids is 1. The number of aromatic amines is 1. The molecular formula is C18H19BrN4O2. The third-order valence-corrected chi connectivity index (χ3v) is 3.75. The van der Waals surface area contributed by atoms with Gasteiger partial charge in [0.2, 0.25) is 5.95 Å². The number of nitrogens with zero attached hydrogens (tertiary/aromatic N) is 1. The van der Waals surface area contributed by atoms with Gasteiger partial charge in [-0.05, 0) is 51.1 Å². The molecular weight excluding hydrogens is 384 g/mol. The molecule has 1 heterocycles. The Bertz CT molecular complexity index is 915. The highest BCUT2D eigenvalue weighted by molar-refractivity contribution is 9.10. The molecule has 0 aliphatic rings. The molecule has 1 amide bonds. The van der Waals surface area contributed by atoms with E-state index in [2.05, 4.69) is 36.5 Å². The molecule has 3 rings (SSSR count). The monoisotopic (exact) mass is 402 g/mol. The molecule has 0 atom stereocenters. The van der Waals surface area contributed by atoms with Crippen molar-refractivity contribution in [1.82, 2.24) is 9.97 Å². The summed E-state index contributed by atoms with van der Waals surface area (Å²) in [5, 5.41) is 5.95. The Balaban J connectivity index is 1.81. The molecule has 6 nitrogen and oxygen atoms in total. The maximum absolute atomic E-state index is 12.0. The molecule has 0 saturated heterocycles. The predicted molar refractivity (Wildman–Crippen MR) is 103 cm³/mol. The van der Waals surface area contributed by atoms with Crippen molar-refractivity contribution in [1.29, 1.82) is 0 Å². The first-order valence-electron chi connectivity index (χ1n) is 7.81. The van der Waals surface area contributed by atoms with E-state index < -0.39 is 11.7 Å². The lowest BCUT2D eigenvalue weighted by molar-refractivity contribution is 0.0636. The fraction of sp³-hybridized carbons (Fsp3) is 0.222. The summed E-state index contributed by atoms with van der Waals surface area (Å²) in [6.45, 7) is 5.47. The quantitative estimate of drug-likeness (QED) is 0.546. The first-order chi connectivity index (χ1) is 11.8. The van der Waals surface area contributed by atoms with E-state index >= 15 is 0 Å². The number of amides is 1. The number of hydrogen-bond acceptors (Lipinski definition) is 4. The highest BCUT2D eigenvalue weighted by Gasteiger charge is 2.17. The molecule has 3 N–H and O–H groups in total. The van der Waals surface area contributed by atoms with Crippen LogP contribution in [-0.4, -0.2) is 21.7 Å². The topological polar surface area (TPSA) is 79.0 Å².